The molecule has 1 aliphatic heterocycles. The van der Waals surface area contributed by atoms with Crippen molar-refractivity contribution in [2.24, 2.45) is 0 Å². The SMILES string of the molecule is CC(C)c1cc(NC2CCN(C)C2=O)ncn1. The number of hydrogen-bond donors (Lipinski definition) is 1. The second-order valence-corrected chi connectivity index (χ2v) is 4.73. The molecule has 1 fully saturated rings. The van der Waals surface area contributed by atoms with Crippen molar-refractivity contribution >= 4 is 11.7 Å². The lowest BCUT2D eigenvalue weighted by atomic mass is 10.1. The third-order valence-corrected chi connectivity index (χ3v) is 3.03. The van der Waals surface area contributed by atoms with Gasteiger partial charge in [-0.15, -0.1) is 0 Å². The highest BCUT2D eigenvalue weighted by Gasteiger charge is 2.29. The Labute approximate surface area is 101 Å². The Balaban J connectivity index is 2.09. The number of nitrogens with zero attached hydrogens (tertiary/aromatic N) is 3. The average molecular weight is 234 g/mol. The summed E-state index contributed by atoms with van der Waals surface area (Å²) in [6.45, 7) is 4.97. The minimum absolute atomic E-state index is 0.134. The zero-order valence-electron chi connectivity index (χ0n) is 10.5. The first-order valence-electron chi connectivity index (χ1n) is 5.91. The van der Waals surface area contributed by atoms with Crippen molar-refractivity contribution in [1.82, 2.24) is 14.9 Å². The van der Waals surface area contributed by atoms with Crippen LogP contribution in [-0.4, -0.2) is 40.4 Å². The van der Waals surface area contributed by atoms with E-state index in [9.17, 15) is 4.79 Å². The maximum absolute atomic E-state index is 11.7. The summed E-state index contributed by atoms with van der Waals surface area (Å²) in [5, 5.41) is 3.17. The van der Waals surface area contributed by atoms with E-state index in [1.807, 2.05) is 13.1 Å². The molecule has 1 amide bonds. The Hall–Kier alpha value is -1.65. The summed E-state index contributed by atoms with van der Waals surface area (Å²) < 4.78 is 0. The van der Waals surface area contributed by atoms with Crippen molar-refractivity contribution in [1.29, 1.82) is 0 Å². The molecule has 2 rings (SSSR count). The molecule has 0 aromatic carbocycles. The van der Waals surface area contributed by atoms with E-state index in [2.05, 4.69) is 29.1 Å². The summed E-state index contributed by atoms with van der Waals surface area (Å²) in [5.74, 6) is 1.23. The van der Waals surface area contributed by atoms with Gasteiger partial charge in [0.2, 0.25) is 5.91 Å². The number of anilines is 1. The van der Waals surface area contributed by atoms with Gasteiger partial charge in [-0.1, -0.05) is 13.8 Å². The normalized spacial score (nSPS) is 20.1. The lowest BCUT2D eigenvalue weighted by molar-refractivity contribution is -0.127. The molecule has 0 spiro atoms. The van der Waals surface area contributed by atoms with Crippen LogP contribution in [0.5, 0.6) is 0 Å². The van der Waals surface area contributed by atoms with Gasteiger partial charge in [-0.3, -0.25) is 4.79 Å². The van der Waals surface area contributed by atoms with Crippen LogP contribution in [0.15, 0.2) is 12.4 Å². The van der Waals surface area contributed by atoms with Gasteiger partial charge in [0.25, 0.3) is 0 Å². The Bertz CT molecular complexity index is 419. The van der Waals surface area contributed by atoms with E-state index in [1.165, 1.54) is 0 Å². The monoisotopic (exact) mass is 234 g/mol. The molecule has 1 atom stereocenters. The number of carbonyl (C=O) groups excluding carboxylic acids is 1. The molecule has 1 aromatic rings. The van der Waals surface area contributed by atoms with Crippen LogP contribution in [0, 0.1) is 0 Å². The van der Waals surface area contributed by atoms with Crippen LogP contribution in [0.1, 0.15) is 31.9 Å². The smallest absolute Gasteiger partial charge is 0.244 e. The number of likely N-dealkylation sites (N-methyl/N-ethyl adjacent to an activating group) is 1. The molecule has 0 aliphatic carbocycles. The van der Waals surface area contributed by atoms with Crippen molar-refractivity contribution in [3.8, 4) is 0 Å². The zero-order chi connectivity index (χ0) is 12.4. The van der Waals surface area contributed by atoms with Gasteiger partial charge in [0.1, 0.15) is 18.2 Å². The van der Waals surface area contributed by atoms with Gasteiger partial charge in [-0.2, -0.15) is 0 Å². The van der Waals surface area contributed by atoms with E-state index < -0.39 is 0 Å². The summed E-state index contributed by atoms with van der Waals surface area (Å²) in [4.78, 5) is 21.8. The van der Waals surface area contributed by atoms with Crippen LogP contribution in [0.3, 0.4) is 0 Å². The number of amides is 1. The van der Waals surface area contributed by atoms with E-state index in [-0.39, 0.29) is 11.9 Å². The van der Waals surface area contributed by atoms with E-state index in [0.717, 1.165) is 24.5 Å². The first-order valence-corrected chi connectivity index (χ1v) is 5.91. The zero-order valence-corrected chi connectivity index (χ0v) is 10.5. The maximum Gasteiger partial charge on any atom is 0.244 e. The number of carbonyl (C=O) groups is 1. The Morgan fingerprint density at radius 3 is 2.82 bits per heavy atom. The van der Waals surface area contributed by atoms with E-state index in [4.69, 9.17) is 0 Å². The molecule has 5 nitrogen and oxygen atoms in total. The van der Waals surface area contributed by atoms with Gasteiger partial charge < -0.3 is 10.2 Å². The topological polar surface area (TPSA) is 58.1 Å². The predicted octanol–water partition coefficient (Wildman–Crippen LogP) is 1.24. The minimum Gasteiger partial charge on any atom is -0.358 e. The van der Waals surface area contributed by atoms with Gasteiger partial charge in [-0.25, -0.2) is 9.97 Å². The van der Waals surface area contributed by atoms with Crippen LogP contribution < -0.4 is 5.32 Å². The molecule has 17 heavy (non-hydrogen) atoms. The van der Waals surface area contributed by atoms with Gasteiger partial charge >= 0.3 is 0 Å². The summed E-state index contributed by atoms with van der Waals surface area (Å²) in [5.41, 5.74) is 0.987. The van der Waals surface area contributed by atoms with E-state index in [0.29, 0.717) is 5.92 Å². The molecule has 1 aliphatic rings. The minimum atomic E-state index is -0.144. The van der Waals surface area contributed by atoms with E-state index in [1.54, 1.807) is 11.2 Å². The molecule has 5 heteroatoms. The third-order valence-electron chi connectivity index (χ3n) is 3.03. The highest BCUT2D eigenvalue weighted by Crippen LogP contribution is 2.17. The molecule has 0 saturated carbocycles. The highest BCUT2D eigenvalue weighted by molar-refractivity contribution is 5.86. The summed E-state index contributed by atoms with van der Waals surface area (Å²) in [7, 11) is 1.82. The molecular formula is C12H18N4O. The molecular weight excluding hydrogens is 216 g/mol. The molecule has 1 unspecified atom stereocenters. The first-order chi connectivity index (χ1) is 8.08. The first kappa shape index (κ1) is 11.8. The second kappa shape index (κ2) is 4.69. The molecule has 2 heterocycles. The molecule has 0 radical (unpaired) electrons. The fraction of sp³-hybridized carbons (Fsp3) is 0.583. The number of likely N-dealkylation sites (tertiary alicyclic amines) is 1. The predicted molar refractivity (Wildman–Crippen MR) is 65.8 cm³/mol. The van der Waals surface area contributed by atoms with Crippen molar-refractivity contribution in [3.05, 3.63) is 18.1 Å². The summed E-state index contributed by atoms with van der Waals surface area (Å²) >= 11 is 0. The second-order valence-electron chi connectivity index (χ2n) is 4.73. The fourth-order valence-corrected chi connectivity index (χ4v) is 1.90. The van der Waals surface area contributed by atoms with Crippen molar-refractivity contribution < 1.29 is 4.79 Å². The van der Waals surface area contributed by atoms with Crippen molar-refractivity contribution in [2.45, 2.75) is 32.2 Å². The molecule has 92 valence electrons. The van der Waals surface area contributed by atoms with Gasteiger partial charge in [-0.05, 0) is 12.3 Å². The lowest BCUT2D eigenvalue weighted by Crippen LogP contribution is -2.31. The van der Waals surface area contributed by atoms with Crippen molar-refractivity contribution in [3.63, 3.8) is 0 Å². The molecule has 1 aromatic heterocycles. The van der Waals surface area contributed by atoms with Crippen LogP contribution in [0.2, 0.25) is 0 Å². The van der Waals surface area contributed by atoms with Crippen LogP contribution in [-0.2, 0) is 4.79 Å². The molecule has 0 bridgehead atoms. The molecule has 1 saturated heterocycles. The average Bonchev–Trinajstić information content (AvgIpc) is 2.61. The molecule has 1 N–H and O–H groups in total. The number of rotatable bonds is 3. The lowest BCUT2D eigenvalue weighted by Gasteiger charge is -2.13. The largest absolute Gasteiger partial charge is 0.358 e. The number of aromatic nitrogens is 2. The van der Waals surface area contributed by atoms with Crippen LogP contribution in [0.25, 0.3) is 0 Å². The summed E-state index contributed by atoms with van der Waals surface area (Å²) in [6, 6.07) is 1.77. The van der Waals surface area contributed by atoms with Crippen molar-refractivity contribution in [2.75, 3.05) is 18.9 Å². The fourth-order valence-electron chi connectivity index (χ4n) is 1.90. The maximum atomic E-state index is 11.7. The highest BCUT2D eigenvalue weighted by atomic mass is 16.2. The standard InChI is InChI=1S/C12H18N4O/c1-8(2)10-6-11(14-7-13-10)15-9-4-5-16(3)12(9)17/h6-9H,4-5H2,1-3H3,(H,13,14,15). The Morgan fingerprint density at radius 2 is 2.24 bits per heavy atom. The Morgan fingerprint density at radius 1 is 1.47 bits per heavy atom. The van der Waals surface area contributed by atoms with Crippen LogP contribution in [0.4, 0.5) is 5.82 Å². The van der Waals surface area contributed by atoms with E-state index >= 15 is 0 Å². The van der Waals surface area contributed by atoms with Gasteiger partial charge in [0, 0.05) is 25.4 Å². The van der Waals surface area contributed by atoms with Gasteiger partial charge in [0.05, 0.1) is 0 Å². The van der Waals surface area contributed by atoms with Crippen LogP contribution >= 0.6 is 0 Å². The summed E-state index contributed by atoms with van der Waals surface area (Å²) in [6.07, 6.45) is 2.37. The third kappa shape index (κ3) is 2.54. The number of nitrogens with one attached hydrogen (secondary N) is 1. The van der Waals surface area contributed by atoms with Gasteiger partial charge in [0.15, 0.2) is 0 Å². The quantitative estimate of drug-likeness (QED) is 0.855. The number of hydrogen-bond acceptors (Lipinski definition) is 4. The Kier molecular flexibility index (Phi) is 3.26.